The van der Waals surface area contributed by atoms with E-state index in [9.17, 15) is 9.90 Å². The highest BCUT2D eigenvalue weighted by Crippen LogP contribution is 2.44. The third-order valence-electron chi connectivity index (χ3n) is 5.76. The van der Waals surface area contributed by atoms with Gasteiger partial charge in [-0.1, -0.05) is 18.5 Å². The lowest BCUT2D eigenvalue weighted by Gasteiger charge is -2.44. The first-order chi connectivity index (χ1) is 11.0. The lowest BCUT2D eigenvalue weighted by atomic mass is 9.76. The Labute approximate surface area is 142 Å². The SMILES string of the molecule is CC[C@@](Oc1ccc(Cl)cc1)(C(=O)O)C1CC2CCC(C1)N2C. The molecule has 4 nitrogen and oxygen atoms in total. The van der Waals surface area contributed by atoms with Gasteiger partial charge in [-0.15, -0.1) is 0 Å². The van der Waals surface area contributed by atoms with Crippen LogP contribution in [-0.2, 0) is 4.79 Å². The summed E-state index contributed by atoms with van der Waals surface area (Å²) in [7, 11) is 2.16. The Hall–Kier alpha value is -1.26. The standard InChI is InChI=1S/C18H24ClNO3/c1-3-18(17(21)22,23-16-8-4-13(19)5-9-16)12-10-14-6-7-15(11-12)20(14)2/h4-5,8-9,12,14-15H,3,6-7,10-11H2,1-2H3,(H,21,22)/t12?,14?,15?,18-/m0/s1. The number of hydrogen-bond acceptors (Lipinski definition) is 3. The number of carboxylic acid groups (broad SMARTS) is 1. The molecule has 0 aromatic heterocycles. The number of benzene rings is 1. The zero-order valence-corrected chi connectivity index (χ0v) is 14.4. The molecule has 2 aliphatic heterocycles. The average molecular weight is 338 g/mol. The average Bonchev–Trinajstić information content (AvgIpc) is 2.75. The lowest BCUT2D eigenvalue weighted by Crippen LogP contribution is -2.55. The summed E-state index contributed by atoms with van der Waals surface area (Å²) < 4.78 is 6.09. The minimum atomic E-state index is -1.16. The molecule has 0 spiro atoms. The van der Waals surface area contributed by atoms with E-state index in [4.69, 9.17) is 16.3 Å². The molecule has 0 aliphatic carbocycles. The number of hydrogen-bond donors (Lipinski definition) is 1. The Kier molecular flexibility index (Phi) is 4.56. The molecular weight excluding hydrogens is 314 g/mol. The van der Waals surface area contributed by atoms with Crippen molar-refractivity contribution in [1.29, 1.82) is 0 Å². The Bertz CT molecular complexity index is 562. The summed E-state index contributed by atoms with van der Waals surface area (Å²) >= 11 is 5.91. The van der Waals surface area contributed by atoms with Crippen molar-refractivity contribution in [3.8, 4) is 5.75 Å². The van der Waals surface area contributed by atoms with Gasteiger partial charge in [-0.2, -0.15) is 0 Å². The summed E-state index contributed by atoms with van der Waals surface area (Å²) in [6.45, 7) is 1.91. The van der Waals surface area contributed by atoms with Crippen LogP contribution in [0.2, 0.25) is 5.02 Å². The molecule has 0 saturated carbocycles. The van der Waals surface area contributed by atoms with Crippen LogP contribution in [-0.4, -0.2) is 40.7 Å². The van der Waals surface area contributed by atoms with Crippen molar-refractivity contribution in [2.45, 2.75) is 56.7 Å². The largest absolute Gasteiger partial charge is 0.478 e. The van der Waals surface area contributed by atoms with E-state index in [1.807, 2.05) is 6.92 Å². The molecule has 2 aliphatic rings. The van der Waals surface area contributed by atoms with E-state index in [0.717, 1.165) is 25.7 Å². The number of carbonyl (C=O) groups is 1. The fourth-order valence-electron chi connectivity index (χ4n) is 4.32. The molecule has 2 unspecified atom stereocenters. The summed E-state index contributed by atoms with van der Waals surface area (Å²) in [5, 5.41) is 10.6. The minimum Gasteiger partial charge on any atom is -0.478 e. The Morgan fingerprint density at radius 1 is 1.30 bits per heavy atom. The highest BCUT2D eigenvalue weighted by Gasteiger charge is 2.52. The Morgan fingerprint density at radius 3 is 2.35 bits per heavy atom. The number of carboxylic acids is 1. The highest BCUT2D eigenvalue weighted by atomic mass is 35.5. The van der Waals surface area contributed by atoms with E-state index in [1.165, 1.54) is 0 Å². The van der Waals surface area contributed by atoms with Gasteiger partial charge in [0.05, 0.1) is 0 Å². The van der Waals surface area contributed by atoms with Crippen LogP contribution < -0.4 is 4.74 Å². The highest BCUT2D eigenvalue weighted by molar-refractivity contribution is 6.30. The summed E-state index contributed by atoms with van der Waals surface area (Å²) in [5.41, 5.74) is -1.16. The zero-order valence-electron chi connectivity index (χ0n) is 13.7. The molecule has 2 saturated heterocycles. The van der Waals surface area contributed by atoms with Gasteiger partial charge in [0.25, 0.3) is 0 Å². The number of aliphatic carboxylic acids is 1. The van der Waals surface area contributed by atoms with Crippen molar-refractivity contribution in [2.75, 3.05) is 7.05 Å². The van der Waals surface area contributed by atoms with Crippen LogP contribution in [0.4, 0.5) is 0 Å². The van der Waals surface area contributed by atoms with Gasteiger partial charge in [-0.25, -0.2) is 4.79 Å². The fraction of sp³-hybridized carbons (Fsp3) is 0.611. The number of ether oxygens (including phenoxy) is 1. The molecule has 1 aromatic rings. The predicted molar refractivity (Wildman–Crippen MR) is 90.0 cm³/mol. The van der Waals surface area contributed by atoms with Crippen molar-refractivity contribution in [1.82, 2.24) is 4.90 Å². The number of fused-ring (bicyclic) bond motifs is 2. The zero-order chi connectivity index (χ0) is 16.6. The summed E-state index contributed by atoms with van der Waals surface area (Å²) in [6.07, 6.45) is 4.57. The number of nitrogens with zero attached hydrogens (tertiary/aromatic N) is 1. The lowest BCUT2D eigenvalue weighted by molar-refractivity contribution is -0.164. The van der Waals surface area contributed by atoms with Crippen molar-refractivity contribution in [3.05, 3.63) is 29.3 Å². The first-order valence-corrected chi connectivity index (χ1v) is 8.74. The van der Waals surface area contributed by atoms with E-state index < -0.39 is 11.6 Å². The monoisotopic (exact) mass is 337 g/mol. The topological polar surface area (TPSA) is 49.8 Å². The molecule has 0 amide bonds. The van der Waals surface area contributed by atoms with Crippen molar-refractivity contribution < 1.29 is 14.6 Å². The molecule has 2 heterocycles. The molecule has 2 fully saturated rings. The van der Waals surface area contributed by atoms with Gasteiger partial charge in [0.15, 0.2) is 0 Å². The van der Waals surface area contributed by atoms with Crippen molar-refractivity contribution in [3.63, 3.8) is 0 Å². The number of halogens is 1. The molecule has 23 heavy (non-hydrogen) atoms. The molecule has 1 aromatic carbocycles. The molecule has 2 bridgehead atoms. The third-order valence-corrected chi connectivity index (χ3v) is 6.01. The van der Waals surface area contributed by atoms with E-state index >= 15 is 0 Å². The van der Waals surface area contributed by atoms with Gasteiger partial charge in [0.1, 0.15) is 5.75 Å². The summed E-state index contributed by atoms with van der Waals surface area (Å²) in [4.78, 5) is 14.6. The molecule has 0 radical (unpaired) electrons. The number of rotatable bonds is 5. The molecule has 3 rings (SSSR count). The van der Waals surface area contributed by atoms with Crippen LogP contribution in [0.25, 0.3) is 0 Å². The van der Waals surface area contributed by atoms with Crippen LogP contribution >= 0.6 is 11.6 Å². The van der Waals surface area contributed by atoms with Crippen LogP contribution in [0.1, 0.15) is 39.0 Å². The maximum Gasteiger partial charge on any atom is 0.348 e. The van der Waals surface area contributed by atoms with Crippen LogP contribution in [0.3, 0.4) is 0 Å². The van der Waals surface area contributed by atoms with Gasteiger partial charge in [-0.05, 0) is 63.4 Å². The van der Waals surface area contributed by atoms with Gasteiger partial charge < -0.3 is 14.7 Å². The molecule has 3 atom stereocenters. The van der Waals surface area contributed by atoms with Gasteiger partial charge in [0, 0.05) is 23.0 Å². The Morgan fingerprint density at radius 2 is 1.87 bits per heavy atom. The first kappa shape index (κ1) is 16.6. The van der Waals surface area contributed by atoms with Crippen LogP contribution in [0, 0.1) is 5.92 Å². The smallest absolute Gasteiger partial charge is 0.348 e. The maximum absolute atomic E-state index is 12.2. The normalized spacial score (nSPS) is 30.0. The summed E-state index contributed by atoms with van der Waals surface area (Å²) in [6, 6.07) is 7.93. The van der Waals surface area contributed by atoms with Gasteiger partial charge in [-0.3, -0.25) is 0 Å². The van der Waals surface area contributed by atoms with Crippen LogP contribution in [0.15, 0.2) is 24.3 Å². The van der Waals surface area contributed by atoms with E-state index in [-0.39, 0.29) is 5.92 Å². The molecule has 1 N–H and O–H groups in total. The molecular formula is C18H24ClNO3. The van der Waals surface area contributed by atoms with Gasteiger partial charge in [0.2, 0.25) is 5.60 Å². The van der Waals surface area contributed by atoms with Crippen molar-refractivity contribution >= 4 is 17.6 Å². The second-order valence-electron chi connectivity index (χ2n) is 6.82. The van der Waals surface area contributed by atoms with E-state index in [2.05, 4.69) is 11.9 Å². The predicted octanol–water partition coefficient (Wildman–Crippen LogP) is 3.83. The third kappa shape index (κ3) is 2.94. The second-order valence-corrected chi connectivity index (χ2v) is 7.26. The fourth-order valence-corrected chi connectivity index (χ4v) is 4.44. The van der Waals surface area contributed by atoms with Gasteiger partial charge >= 0.3 is 5.97 Å². The van der Waals surface area contributed by atoms with E-state index in [0.29, 0.717) is 29.3 Å². The first-order valence-electron chi connectivity index (χ1n) is 8.36. The maximum atomic E-state index is 12.2. The molecule has 5 heteroatoms. The summed E-state index contributed by atoms with van der Waals surface area (Å²) in [5.74, 6) is -0.247. The minimum absolute atomic E-state index is 0.0365. The number of piperidine rings is 1. The van der Waals surface area contributed by atoms with E-state index in [1.54, 1.807) is 24.3 Å². The second kappa shape index (κ2) is 6.33. The molecule has 126 valence electrons. The Balaban J connectivity index is 1.87. The van der Waals surface area contributed by atoms with Crippen molar-refractivity contribution in [2.24, 2.45) is 5.92 Å². The quantitative estimate of drug-likeness (QED) is 0.887. The van der Waals surface area contributed by atoms with Crippen LogP contribution in [0.5, 0.6) is 5.75 Å².